The van der Waals surface area contributed by atoms with Crippen molar-refractivity contribution in [3.05, 3.63) is 59.7 Å². The summed E-state index contributed by atoms with van der Waals surface area (Å²) in [6.45, 7) is 2.20. The first-order valence-electron chi connectivity index (χ1n) is 7.79. The molecular weight excluding hydrogens is 288 g/mol. The van der Waals surface area contributed by atoms with Crippen molar-refractivity contribution in [2.75, 3.05) is 6.61 Å². The zero-order chi connectivity index (χ0) is 16.2. The van der Waals surface area contributed by atoms with Crippen LogP contribution in [-0.4, -0.2) is 18.9 Å². The van der Waals surface area contributed by atoms with Crippen LogP contribution in [0.5, 0.6) is 0 Å². The summed E-state index contributed by atoms with van der Waals surface area (Å²) in [6, 6.07) is 15.7. The van der Waals surface area contributed by atoms with Crippen LogP contribution in [0.3, 0.4) is 0 Å². The normalized spacial score (nSPS) is 10.8. The average Bonchev–Trinajstić information content (AvgIpc) is 2.59. The van der Waals surface area contributed by atoms with E-state index in [9.17, 15) is 9.59 Å². The predicted octanol–water partition coefficient (Wildman–Crippen LogP) is 4.30. The first-order valence-corrected chi connectivity index (χ1v) is 7.79. The summed E-state index contributed by atoms with van der Waals surface area (Å²) in [5.74, 6) is -0.194. The van der Waals surface area contributed by atoms with Crippen LogP contribution in [0.4, 0.5) is 0 Å². The molecule has 0 amide bonds. The lowest BCUT2D eigenvalue weighted by Gasteiger charge is -2.14. The predicted molar refractivity (Wildman–Crippen MR) is 91.8 cm³/mol. The summed E-state index contributed by atoms with van der Waals surface area (Å²) in [4.78, 5) is 23.4. The second kappa shape index (κ2) is 6.61. The molecule has 3 aromatic rings. The number of benzene rings is 3. The number of ether oxygens (including phenoxy) is 1. The third-order valence-electron chi connectivity index (χ3n) is 4.09. The van der Waals surface area contributed by atoms with Crippen molar-refractivity contribution in [3.8, 4) is 0 Å². The first kappa shape index (κ1) is 15.2. The lowest BCUT2D eigenvalue weighted by atomic mass is 9.90. The van der Waals surface area contributed by atoms with Gasteiger partial charge in [0, 0.05) is 12.0 Å². The Balaban J connectivity index is 2.21. The molecule has 0 aliphatic carbocycles. The van der Waals surface area contributed by atoms with Gasteiger partial charge in [-0.05, 0) is 40.5 Å². The molecule has 0 unspecified atom stereocenters. The van der Waals surface area contributed by atoms with Gasteiger partial charge in [0.25, 0.3) is 0 Å². The Kier molecular flexibility index (Phi) is 4.38. The summed E-state index contributed by atoms with van der Waals surface area (Å²) in [5.41, 5.74) is 1.80. The summed E-state index contributed by atoms with van der Waals surface area (Å²) in [7, 11) is 0. The summed E-state index contributed by atoms with van der Waals surface area (Å²) < 4.78 is 5.04. The quantitative estimate of drug-likeness (QED) is 0.401. The van der Waals surface area contributed by atoms with Crippen LogP contribution >= 0.6 is 0 Å². The van der Waals surface area contributed by atoms with E-state index in [1.54, 1.807) is 0 Å². The van der Waals surface area contributed by atoms with Gasteiger partial charge in [-0.25, -0.2) is 0 Å². The number of aldehydes is 1. The maximum atomic E-state index is 11.7. The highest BCUT2D eigenvalue weighted by molar-refractivity contribution is 6.14. The van der Waals surface area contributed by atoms with Crippen LogP contribution < -0.4 is 0 Å². The Morgan fingerprint density at radius 2 is 1.48 bits per heavy atom. The molecule has 0 atom stereocenters. The van der Waals surface area contributed by atoms with Crippen molar-refractivity contribution in [1.29, 1.82) is 0 Å². The van der Waals surface area contributed by atoms with Crippen LogP contribution in [0.1, 0.15) is 29.3 Å². The van der Waals surface area contributed by atoms with Gasteiger partial charge in [0.05, 0.1) is 6.61 Å². The molecule has 0 saturated carbocycles. The Hall–Kier alpha value is -2.68. The number of hydrogen-bond donors (Lipinski definition) is 0. The number of carbonyl (C=O) groups is 2. The molecule has 116 valence electrons. The Morgan fingerprint density at radius 1 is 0.957 bits per heavy atom. The van der Waals surface area contributed by atoms with Gasteiger partial charge in [-0.3, -0.25) is 9.59 Å². The molecule has 3 heteroatoms. The van der Waals surface area contributed by atoms with Crippen molar-refractivity contribution in [2.45, 2.75) is 19.8 Å². The second-order valence-corrected chi connectivity index (χ2v) is 5.41. The van der Waals surface area contributed by atoms with Gasteiger partial charge in [0.1, 0.15) is 0 Å². The van der Waals surface area contributed by atoms with Gasteiger partial charge in [-0.1, -0.05) is 48.5 Å². The minimum atomic E-state index is -0.194. The van der Waals surface area contributed by atoms with Gasteiger partial charge < -0.3 is 4.74 Å². The van der Waals surface area contributed by atoms with Gasteiger partial charge in [-0.2, -0.15) is 0 Å². The van der Waals surface area contributed by atoms with E-state index in [0.717, 1.165) is 33.4 Å². The highest BCUT2D eigenvalue weighted by atomic mass is 16.5. The number of carbonyl (C=O) groups excluding carboxylic acids is 2. The van der Waals surface area contributed by atoms with Gasteiger partial charge >= 0.3 is 5.97 Å². The van der Waals surface area contributed by atoms with Gasteiger partial charge in [0.2, 0.25) is 0 Å². The smallest absolute Gasteiger partial charge is 0.306 e. The van der Waals surface area contributed by atoms with Crippen LogP contribution in [-0.2, 0) is 16.0 Å². The van der Waals surface area contributed by atoms with Crippen molar-refractivity contribution in [3.63, 3.8) is 0 Å². The first-order chi connectivity index (χ1) is 11.3. The Labute approximate surface area is 134 Å². The Bertz CT molecular complexity index is 824. The number of hydrogen-bond acceptors (Lipinski definition) is 3. The SMILES string of the molecule is CCOC(=O)CCc1c2ccccc2c(C=O)c2ccccc12. The zero-order valence-electron chi connectivity index (χ0n) is 13.0. The van der Waals surface area contributed by atoms with E-state index in [1.165, 1.54) is 0 Å². The van der Waals surface area contributed by atoms with Crippen LogP contribution in [0.2, 0.25) is 0 Å². The molecule has 0 aliphatic heterocycles. The number of rotatable bonds is 5. The van der Waals surface area contributed by atoms with E-state index in [0.29, 0.717) is 25.0 Å². The maximum absolute atomic E-state index is 11.7. The molecule has 0 heterocycles. The van der Waals surface area contributed by atoms with E-state index < -0.39 is 0 Å². The lowest BCUT2D eigenvalue weighted by Crippen LogP contribution is -2.06. The van der Waals surface area contributed by atoms with Crippen molar-refractivity contribution < 1.29 is 14.3 Å². The molecule has 23 heavy (non-hydrogen) atoms. The minimum Gasteiger partial charge on any atom is -0.466 e. The van der Waals surface area contributed by atoms with E-state index in [4.69, 9.17) is 4.74 Å². The molecule has 0 aromatic heterocycles. The molecule has 3 nitrogen and oxygen atoms in total. The van der Waals surface area contributed by atoms with Gasteiger partial charge in [0.15, 0.2) is 6.29 Å². The lowest BCUT2D eigenvalue weighted by molar-refractivity contribution is -0.143. The highest BCUT2D eigenvalue weighted by Crippen LogP contribution is 2.32. The van der Waals surface area contributed by atoms with E-state index in [2.05, 4.69) is 0 Å². The molecule has 0 N–H and O–H groups in total. The van der Waals surface area contributed by atoms with E-state index in [1.807, 2.05) is 55.5 Å². The van der Waals surface area contributed by atoms with Crippen molar-refractivity contribution >= 4 is 33.8 Å². The van der Waals surface area contributed by atoms with Crippen molar-refractivity contribution in [1.82, 2.24) is 0 Å². The summed E-state index contributed by atoms with van der Waals surface area (Å²) >= 11 is 0. The van der Waals surface area contributed by atoms with Crippen LogP contribution in [0, 0.1) is 0 Å². The molecular formula is C20H18O3. The number of fused-ring (bicyclic) bond motifs is 2. The largest absolute Gasteiger partial charge is 0.466 e. The summed E-state index contributed by atoms with van der Waals surface area (Å²) in [6.07, 6.45) is 1.85. The topological polar surface area (TPSA) is 43.4 Å². The minimum absolute atomic E-state index is 0.194. The average molecular weight is 306 g/mol. The molecule has 0 bridgehead atoms. The summed E-state index contributed by atoms with van der Waals surface area (Å²) in [5, 5.41) is 3.91. The van der Waals surface area contributed by atoms with Crippen LogP contribution in [0.25, 0.3) is 21.5 Å². The third kappa shape index (κ3) is 2.82. The molecule has 0 radical (unpaired) electrons. The molecule has 0 aliphatic rings. The van der Waals surface area contributed by atoms with Crippen molar-refractivity contribution in [2.24, 2.45) is 0 Å². The fourth-order valence-corrected chi connectivity index (χ4v) is 3.11. The molecule has 0 spiro atoms. The fraction of sp³-hybridized carbons (Fsp3) is 0.200. The van der Waals surface area contributed by atoms with Crippen LogP contribution in [0.15, 0.2) is 48.5 Å². The van der Waals surface area contributed by atoms with E-state index >= 15 is 0 Å². The molecule has 3 aromatic carbocycles. The Morgan fingerprint density at radius 3 is 1.96 bits per heavy atom. The number of aryl methyl sites for hydroxylation is 1. The molecule has 0 saturated heterocycles. The number of esters is 1. The van der Waals surface area contributed by atoms with E-state index in [-0.39, 0.29) is 5.97 Å². The molecule has 3 rings (SSSR count). The molecule has 0 fully saturated rings. The maximum Gasteiger partial charge on any atom is 0.306 e. The highest BCUT2D eigenvalue weighted by Gasteiger charge is 2.14. The third-order valence-corrected chi connectivity index (χ3v) is 4.09. The fourth-order valence-electron chi connectivity index (χ4n) is 3.11. The second-order valence-electron chi connectivity index (χ2n) is 5.41. The monoisotopic (exact) mass is 306 g/mol. The standard InChI is InChI=1S/C20H18O3/c1-2-23-20(22)12-11-18-14-7-3-5-9-16(14)19(13-21)17-10-6-4-8-15(17)18/h3-10,13H,2,11-12H2,1H3. The zero-order valence-corrected chi connectivity index (χ0v) is 13.0. The van der Waals surface area contributed by atoms with Gasteiger partial charge in [-0.15, -0.1) is 0 Å².